The minimum Gasteiger partial charge on any atom is -0.480 e. The van der Waals surface area contributed by atoms with Crippen molar-refractivity contribution in [2.24, 2.45) is 0 Å². The minimum absolute atomic E-state index is 0.164. The third-order valence-corrected chi connectivity index (χ3v) is 5.23. The molecular weight excluding hydrogens is 282 g/mol. The largest absolute Gasteiger partial charge is 0.480 e. The Morgan fingerprint density at radius 2 is 2.11 bits per heavy atom. The van der Waals surface area contributed by atoms with E-state index < -0.39 is 11.5 Å². The van der Waals surface area contributed by atoms with Gasteiger partial charge in [-0.25, -0.2) is 4.79 Å². The van der Waals surface area contributed by atoms with Gasteiger partial charge < -0.3 is 10.4 Å². The van der Waals surface area contributed by atoms with E-state index in [2.05, 4.69) is 5.32 Å². The molecule has 1 saturated heterocycles. The van der Waals surface area contributed by atoms with Crippen molar-refractivity contribution in [2.75, 3.05) is 11.5 Å². The van der Waals surface area contributed by atoms with Gasteiger partial charge in [-0.05, 0) is 42.2 Å². The number of carbonyl (C=O) groups excluding carboxylic acids is 1. The molecule has 1 aliphatic rings. The highest BCUT2D eigenvalue weighted by Gasteiger charge is 2.41. The average molecular weight is 299 g/mol. The van der Waals surface area contributed by atoms with Crippen molar-refractivity contribution in [2.45, 2.75) is 31.2 Å². The lowest BCUT2D eigenvalue weighted by atomic mass is 9.92. The molecule has 19 heavy (non-hydrogen) atoms. The second-order valence-electron chi connectivity index (χ2n) is 4.63. The van der Waals surface area contributed by atoms with E-state index in [4.69, 9.17) is 0 Å². The van der Waals surface area contributed by atoms with Crippen LogP contribution in [0, 0.1) is 0 Å². The number of thioether (sulfide) groups is 1. The van der Waals surface area contributed by atoms with Gasteiger partial charge in [-0.2, -0.15) is 11.8 Å². The second-order valence-corrected chi connectivity index (χ2v) is 6.88. The zero-order valence-corrected chi connectivity index (χ0v) is 12.2. The number of nitrogens with one attached hydrogen (secondary N) is 1. The molecule has 1 aromatic rings. The first-order valence-electron chi connectivity index (χ1n) is 6.27. The van der Waals surface area contributed by atoms with Crippen LogP contribution in [0.25, 0.3) is 0 Å². The van der Waals surface area contributed by atoms with Gasteiger partial charge in [0.1, 0.15) is 5.54 Å². The summed E-state index contributed by atoms with van der Waals surface area (Å²) in [6, 6.07) is 3.94. The van der Waals surface area contributed by atoms with Gasteiger partial charge in [0.2, 0.25) is 5.91 Å². The van der Waals surface area contributed by atoms with Crippen molar-refractivity contribution >= 4 is 35.0 Å². The zero-order valence-electron chi connectivity index (χ0n) is 10.6. The Bertz CT molecular complexity index is 439. The molecule has 1 amide bonds. The predicted octanol–water partition coefficient (Wildman–Crippen LogP) is 2.15. The van der Waals surface area contributed by atoms with Crippen molar-refractivity contribution in [3.05, 3.63) is 22.4 Å². The number of aliphatic carboxylic acids is 1. The molecule has 0 spiro atoms. The fourth-order valence-corrected chi connectivity index (χ4v) is 4.03. The fraction of sp³-hybridized carbons (Fsp3) is 0.538. The van der Waals surface area contributed by atoms with Gasteiger partial charge in [-0.1, -0.05) is 6.07 Å². The molecule has 0 aromatic carbocycles. The van der Waals surface area contributed by atoms with Crippen molar-refractivity contribution in [3.63, 3.8) is 0 Å². The van der Waals surface area contributed by atoms with E-state index >= 15 is 0 Å². The Morgan fingerprint density at radius 1 is 1.37 bits per heavy atom. The summed E-state index contributed by atoms with van der Waals surface area (Å²) in [5.41, 5.74) is -1.04. The molecule has 1 aromatic heterocycles. The molecule has 2 N–H and O–H groups in total. The van der Waals surface area contributed by atoms with Crippen LogP contribution in [0.4, 0.5) is 0 Å². The third kappa shape index (κ3) is 3.73. The summed E-state index contributed by atoms with van der Waals surface area (Å²) in [5.74, 6) is 0.509. The molecule has 2 heterocycles. The van der Waals surface area contributed by atoms with Crippen molar-refractivity contribution < 1.29 is 14.7 Å². The van der Waals surface area contributed by atoms with Crippen LogP contribution in [0.3, 0.4) is 0 Å². The Balaban J connectivity index is 1.90. The summed E-state index contributed by atoms with van der Waals surface area (Å²) < 4.78 is 0. The lowest BCUT2D eigenvalue weighted by Gasteiger charge is -2.33. The highest BCUT2D eigenvalue weighted by molar-refractivity contribution is 7.99. The van der Waals surface area contributed by atoms with Crippen LogP contribution in [0.15, 0.2) is 17.5 Å². The number of amides is 1. The molecule has 0 saturated carbocycles. The van der Waals surface area contributed by atoms with Gasteiger partial charge in [0.25, 0.3) is 0 Å². The molecule has 2 rings (SSSR count). The van der Waals surface area contributed by atoms with Gasteiger partial charge >= 0.3 is 5.97 Å². The quantitative estimate of drug-likeness (QED) is 0.874. The maximum atomic E-state index is 11.9. The number of rotatable bonds is 5. The number of thiophene rings is 1. The van der Waals surface area contributed by atoms with E-state index in [1.807, 2.05) is 17.5 Å². The Labute approximate surface area is 120 Å². The summed E-state index contributed by atoms with van der Waals surface area (Å²) in [4.78, 5) is 24.5. The monoisotopic (exact) mass is 299 g/mol. The maximum absolute atomic E-state index is 11.9. The smallest absolute Gasteiger partial charge is 0.329 e. The summed E-state index contributed by atoms with van der Waals surface area (Å²) in [6.45, 7) is 0. The molecule has 0 bridgehead atoms. The lowest BCUT2D eigenvalue weighted by molar-refractivity contribution is -0.148. The Kier molecular flexibility index (Phi) is 4.87. The summed E-state index contributed by atoms with van der Waals surface area (Å²) >= 11 is 3.36. The van der Waals surface area contributed by atoms with E-state index in [9.17, 15) is 14.7 Å². The van der Waals surface area contributed by atoms with Crippen LogP contribution >= 0.6 is 23.1 Å². The Hall–Kier alpha value is -1.01. The van der Waals surface area contributed by atoms with Crippen molar-refractivity contribution in [1.29, 1.82) is 0 Å². The number of carbonyl (C=O) groups is 2. The molecule has 0 atom stereocenters. The van der Waals surface area contributed by atoms with Crippen molar-refractivity contribution in [1.82, 2.24) is 5.32 Å². The number of hydrogen-bond donors (Lipinski definition) is 2. The minimum atomic E-state index is -1.04. The molecule has 0 radical (unpaired) electrons. The number of carboxylic acids is 1. The molecule has 104 valence electrons. The molecule has 0 unspecified atom stereocenters. The highest BCUT2D eigenvalue weighted by atomic mass is 32.2. The normalized spacial score (nSPS) is 17.9. The van der Waals surface area contributed by atoms with Gasteiger partial charge in [-0.15, -0.1) is 11.3 Å². The van der Waals surface area contributed by atoms with Crippen LogP contribution < -0.4 is 5.32 Å². The van der Waals surface area contributed by atoms with Gasteiger partial charge in [0.15, 0.2) is 0 Å². The van der Waals surface area contributed by atoms with Crippen LogP contribution in [0.2, 0.25) is 0 Å². The summed E-state index contributed by atoms with van der Waals surface area (Å²) in [5, 5.41) is 14.1. The first kappa shape index (κ1) is 14.4. The molecule has 0 aliphatic carbocycles. The lowest BCUT2D eigenvalue weighted by Crippen LogP contribution is -2.56. The number of aryl methyl sites for hydroxylation is 1. The van der Waals surface area contributed by atoms with Crippen LogP contribution in [-0.2, 0) is 16.0 Å². The van der Waals surface area contributed by atoms with Gasteiger partial charge in [-0.3, -0.25) is 4.79 Å². The van der Waals surface area contributed by atoms with Gasteiger partial charge in [0, 0.05) is 11.3 Å². The van der Waals surface area contributed by atoms with Crippen LogP contribution in [0.1, 0.15) is 24.1 Å². The van der Waals surface area contributed by atoms with E-state index in [1.54, 1.807) is 23.1 Å². The highest BCUT2D eigenvalue weighted by Crippen LogP contribution is 2.27. The summed E-state index contributed by atoms with van der Waals surface area (Å²) in [6.07, 6.45) is 2.05. The van der Waals surface area contributed by atoms with Crippen molar-refractivity contribution in [3.8, 4) is 0 Å². The first-order chi connectivity index (χ1) is 9.12. The van der Waals surface area contributed by atoms with E-state index in [1.165, 1.54) is 0 Å². The van der Waals surface area contributed by atoms with E-state index in [0.29, 0.717) is 25.7 Å². The molecule has 6 heteroatoms. The SMILES string of the molecule is O=C(CCc1cccs1)NC1(C(=O)O)CCSCC1. The van der Waals surface area contributed by atoms with E-state index in [0.717, 1.165) is 16.4 Å². The fourth-order valence-electron chi connectivity index (χ4n) is 2.13. The second kappa shape index (κ2) is 6.43. The topological polar surface area (TPSA) is 66.4 Å². The summed E-state index contributed by atoms with van der Waals surface area (Å²) in [7, 11) is 0. The molecular formula is C13H17NO3S2. The van der Waals surface area contributed by atoms with Gasteiger partial charge in [0.05, 0.1) is 0 Å². The zero-order chi connectivity index (χ0) is 13.7. The molecule has 4 nitrogen and oxygen atoms in total. The molecule has 1 aliphatic heterocycles. The average Bonchev–Trinajstić information content (AvgIpc) is 2.90. The van der Waals surface area contributed by atoms with E-state index in [-0.39, 0.29) is 5.91 Å². The number of hydrogen-bond acceptors (Lipinski definition) is 4. The number of carboxylic acid groups (broad SMARTS) is 1. The predicted molar refractivity (Wildman–Crippen MR) is 77.7 cm³/mol. The van der Waals surface area contributed by atoms with Crippen LogP contribution in [0.5, 0.6) is 0 Å². The molecule has 1 fully saturated rings. The third-order valence-electron chi connectivity index (χ3n) is 3.31. The standard InChI is InChI=1S/C13H17NO3S2/c15-11(4-3-10-2-1-7-19-10)14-13(12(16)17)5-8-18-9-6-13/h1-2,7H,3-6,8-9H2,(H,14,15)(H,16,17). The first-order valence-corrected chi connectivity index (χ1v) is 8.30. The van der Waals surface area contributed by atoms with Crippen LogP contribution in [-0.4, -0.2) is 34.0 Å². The Morgan fingerprint density at radius 3 is 2.68 bits per heavy atom. The maximum Gasteiger partial charge on any atom is 0.329 e.